The largest absolute Gasteiger partial charge is 0.316 e. The van der Waals surface area contributed by atoms with Gasteiger partial charge in [0, 0.05) is 7.05 Å². The summed E-state index contributed by atoms with van der Waals surface area (Å²) in [4.78, 5) is 0. The van der Waals surface area contributed by atoms with Gasteiger partial charge in [0.05, 0.1) is 16.4 Å². The van der Waals surface area contributed by atoms with E-state index < -0.39 is 0 Å². The van der Waals surface area contributed by atoms with Crippen LogP contribution in [0.3, 0.4) is 0 Å². The van der Waals surface area contributed by atoms with Crippen molar-refractivity contribution in [1.29, 1.82) is 0 Å². The quantitative estimate of drug-likeness (QED) is 0.807. The van der Waals surface area contributed by atoms with Crippen molar-refractivity contribution in [2.45, 2.75) is 26.7 Å². The lowest BCUT2D eigenvalue weighted by Crippen LogP contribution is -2.23. The van der Waals surface area contributed by atoms with Gasteiger partial charge in [-0.2, -0.15) is 5.10 Å². The maximum absolute atomic E-state index is 4.22. The Balaban J connectivity index is 2.40. The summed E-state index contributed by atoms with van der Waals surface area (Å²) in [6.07, 6.45) is 4.12. The van der Waals surface area contributed by atoms with Crippen LogP contribution in [0.2, 0.25) is 0 Å². The maximum atomic E-state index is 4.22. The van der Waals surface area contributed by atoms with E-state index in [2.05, 4.69) is 40.2 Å². The Kier molecular flexibility index (Phi) is 5.32. The van der Waals surface area contributed by atoms with E-state index in [1.165, 1.54) is 12.1 Å². The topological polar surface area (TPSA) is 29.9 Å². The van der Waals surface area contributed by atoms with Crippen LogP contribution in [0, 0.1) is 5.92 Å². The van der Waals surface area contributed by atoms with Crippen molar-refractivity contribution in [2.24, 2.45) is 13.0 Å². The summed E-state index contributed by atoms with van der Waals surface area (Å²) < 4.78 is 3.06. The minimum absolute atomic E-state index is 0.642. The first-order chi connectivity index (χ1) is 7.15. The Hall–Kier alpha value is -0.350. The van der Waals surface area contributed by atoms with Gasteiger partial charge < -0.3 is 5.32 Å². The monoisotopic (exact) mass is 273 g/mol. The smallest absolute Gasteiger partial charge is 0.0635 e. The molecule has 0 aliphatic carbocycles. The number of rotatable bonds is 6. The molecule has 0 fully saturated rings. The van der Waals surface area contributed by atoms with Gasteiger partial charge in [-0.15, -0.1) is 0 Å². The van der Waals surface area contributed by atoms with Gasteiger partial charge in [0.25, 0.3) is 0 Å². The molecule has 1 rings (SSSR count). The van der Waals surface area contributed by atoms with Gasteiger partial charge in [-0.05, 0) is 47.8 Å². The Labute approximate surface area is 100 Å². The van der Waals surface area contributed by atoms with E-state index in [9.17, 15) is 0 Å². The molecule has 0 saturated carbocycles. The Morgan fingerprint density at radius 3 is 2.87 bits per heavy atom. The summed E-state index contributed by atoms with van der Waals surface area (Å²) in [5.74, 6) is 0.642. The minimum atomic E-state index is 0.642. The van der Waals surface area contributed by atoms with E-state index in [0.29, 0.717) is 5.92 Å². The number of hydrogen-bond donors (Lipinski definition) is 1. The van der Waals surface area contributed by atoms with Gasteiger partial charge in [0.1, 0.15) is 0 Å². The van der Waals surface area contributed by atoms with Crippen LogP contribution in [0.4, 0.5) is 0 Å². The average Bonchev–Trinajstić information content (AvgIpc) is 2.50. The molecule has 0 aliphatic rings. The Morgan fingerprint density at radius 2 is 2.33 bits per heavy atom. The van der Waals surface area contributed by atoms with Crippen molar-refractivity contribution in [2.75, 3.05) is 13.1 Å². The van der Waals surface area contributed by atoms with E-state index >= 15 is 0 Å². The second-order valence-electron chi connectivity index (χ2n) is 4.08. The summed E-state index contributed by atoms with van der Waals surface area (Å²) in [5.41, 5.74) is 1.28. The molecule has 15 heavy (non-hydrogen) atoms. The number of halogens is 1. The summed E-state index contributed by atoms with van der Waals surface area (Å²) in [6, 6.07) is 0. The molecular formula is C11H20BrN3. The van der Waals surface area contributed by atoms with Crippen molar-refractivity contribution < 1.29 is 0 Å². The van der Waals surface area contributed by atoms with E-state index in [1.54, 1.807) is 0 Å². The highest BCUT2D eigenvalue weighted by Gasteiger charge is 2.10. The van der Waals surface area contributed by atoms with Crippen LogP contribution < -0.4 is 5.32 Å². The molecular weight excluding hydrogens is 254 g/mol. The van der Waals surface area contributed by atoms with Crippen molar-refractivity contribution in [1.82, 2.24) is 15.1 Å². The first kappa shape index (κ1) is 12.7. The van der Waals surface area contributed by atoms with Crippen molar-refractivity contribution in [3.8, 4) is 0 Å². The number of nitrogens with one attached hydrogen (secondary N) is 1. The lowest BCUT2D eigenvalue weighted by atomic mass is 10.1. The third-order valence-corrected chi connectivity index (χ3v) is 3.13. The summed E-state index contributed by atoms with van der Waals surface area (Å²) in [6.45, 7) is 6.64. The molecule has 0 amide bonds. The Morgan fingerprint density at radius 1 is 1.60 bits per heavy atom. The van der Waals surface area contributed by atoms with Crippen LogP contribution in [0.25, 0.3) is 0 Å². The van der Waals surface area contributed by atoms with Gasteiger partial charge in [-0.3, -0.25) is 4.68 Å². The molecule has 1 aromatic rings. The van der Waals surface area contributed by atoms with Crippen molar-refractivity contribution in [3.05, 3.63) is 16.4 Å². The van der Waals surface area contributed by atoms with E-state index in [1.807, 2.05) is 17.9 Å². The highest BCUT2D eigenvalue weighted by Crippen LogP contribution is 2.18. The third-order valence-electron chi connectivity index (χ3n) is 2.47. The van der Waals surface area contributed by atoms with Crippen LogP contribution >= 0.6 is 15.9 Å². The zero-order chi connectivity index (χ0) is 11.3. The van der Waals surface area contributed by atoms with Gasteiger partial charge >= 0.3 is 0 Å². The normalized spacial score (nSPS) is 13.1. The number of aromatic nitrogens is 2. The molecule has 1 heterocycles. The standard InChI is InChI=1S/C11H20BrN3/c1-4-5-13-7-9(2)6-11-10(12)8-14-15(11)3/h8-9,13H,4-7H2,1-3H3. The molecule has 0 radical (unpaired) electrons. The summed E-state index contributed by atoms with van der Waals surface area (Å²) in [7, 11) is 1.99. The van der Waals surface area contributed by atoms with Crippen LogP contribution in [0.15, 0.2) is 10.7 Å². The molecule has 86 valence electrons. The first-order valence-corrected chi connectivity index (χ1v) is 6.31. The second kappa shape index (κ2) is 6.28. The number of nitrogens with zero attached hydrogens (tertiary/aromatic N) is 2. The van der Waals surface area contributed by atoms with E-state index in [-0.39, 0.29) is 0 Å². The van der Waals surface area contributed by atoms with Gasteiger partial charge in [-0.1, -0.05) is 13.8 Å². The van der Waals surface area contributed by atoms with Gasteiger partial charge in [-0.25, -0.2) is 0 Å². The highest BCUT2D eigenvalue weighted by molar-refractivity contribution is 9.10. The fourth-order valence-electron chi connectivity index (χ4n) is 1.59. The molecule has 4 heteroatoms. The molecule has 1 unspecified atom stereocenters. The zero-order valence-corrected chi connectivity index (χ0v) is 11.3. The molecule has 0 spiro atoms. The summed E-state index contributed by atoms with van der Waals surface area (Å²) >= 11 is 3.52. The fourth-order valence-corrected chi connectivity index (χ4v) is 2.10. The second-order valence-corrected chi connectivity index (χ2v) is 4.93. The maximum Gasteiger partial charge on any atom is 0.0635 e. The average molecular weight is 274 g/mol. The molecule has 0 bridgehead atoms. The molecule has 1 N–H and O–H groups in total. The van der Waals surface area contributed by atoms with Gasteiger partial charge in [0.2, 0.25) is 0 Å². The molecule has 1 atom stereocenters. The molecule has 0 aliphatic heterocycles. The highest BCUT2D eigenvalue weighted by atomic mass is 79.9. The fraction of sp³-hybridized carbons (Fsp3) is 0.727. The van der Waals surface area contributed by atoms with E-state index in [0.717, 1.165) is 24.0 Å². The Bertz CT molecular complexity index is 277. The first-order valence-electron chi connectivity index (χ1n) is 5.52. The number of aryl methyl sites for hydroxylation is 1. The van der Waals surface area contributed by atoms with Crippen LogP contribution in [0.5, 0.6) is 0 Å². The SMILES string of the molecule is CCCNCC(C)Cc1c(Br)cnn1C. The van der Waals surface area contributed by atoms with Crippen LogP contribution in [-0.2, 0) is 13.5 Å². The predicted octanol–water partition coefficient (Wildman–Crippen LogP) is 2.36. The number of hydrogen-bond acceptors (Lipinski definition) is 2. The van der Waals surface area contributed by atoms with Crippen LogP contribution in [0.1, 0.15) is 26.0 Å². The van der Waals surface area contributed by atoms with E-state index in [4.69, 9.17) is 0 Å². The van der Waals surface area contributed by atoms with Crippen molar-refractivity contribution in [3.63, 3.8) is 0 Å². The van der Waals surface area contributed by atoms with Gasteiger partial charge in [0.15, 0.2) is 0 Å². The summed E-state index contributed by atoms with van der Waals surface area (Å²) in [5, 5.41) is 7.66. The lowest BCUT2D eigenvalue weighted by Gasteiger charge is -2.12. The van der Waals surface area contributed by atoms with Crippen LogP contribution in [-0.4, -0.2) is 22.9 Å². The molecule has 0 saturated heterocycles. The molecule has 1 aromatic heterocycles. The minimum Gasteiger partial charge on any atom is -0.316 e. The molecule has 0 aromatic carbocycles. The molecule has 3 nitrogen and oxygen atoms in total. The lowest BCUT2D eigenvalue weighted by molar-refractivity contribution is 0.494. The zero-order valence-electron chi connectivity index (χ0n) is 9.76. The van der Waals surface area contributed by atoms with Crippen molar-refractivity contribution >= 4 is 15.9 Å². The predicted molar refractivity (Wildman–Crippen MR) is 66.9 cm³/mol. The third kappa shape index (κ3) is 3.95.